The number of nitrogens with one attached hydrogen (secondary N) is 1. The van der Waals surface area contributed by atoms with Gasteiger partial charge < -0.3 is 11.1 Å². The number of nitrogens with two attached hydrogens (primary N) is 1. The van der Waals surface area contributed by atoms with Crippen LogP contribution in [0.15, 0.2) is 40.8 Å². The molecule has 2 rings (SSSR count). The first-order valence-corrected chi connectivity index (χ1v) is 7.66. The van der Waals surface area contributed by atoms with E-state index in [1.807, 2.05) is 12.1 Å². The average Bonchev–Trinajstić information content (AvgIpc) is 2.94. The van der Waals surface area contributed by atoms with Crippen LogP contribution in [0, 0.1) is 0 Å². The third-order valence-corrected chi connectivity index (χ3v) is 3.89. The van der Waals surface area contributed by atoms with Crippen LogP contribution in [-0.4, -0.2) is 24.0 Å². The lowest BCUT2D eigenvalue weighted by Gasteiger charge is -2.05. The summed E-state index contributed by atoms with van der Waals surface area (Å²) >= 11 is 7.47. The Labute approximate surface area is 150 Å². The Kier molecular flexibility index (Phi) is 8.63. The van der Waals surface area contributed by atoms with Gasteiger partial charge >= 0.3 is 0 Å². The van der Waals surface area contributed by atoms with Crippen LogP contribution in [0.25, 0.3) is 0 Å². The molecule has 4 nitrogen and oxygen atoms in total. The Morgan fingerprint density at radius 3 is 2.86 bits per heavy atom. The summed E-state index contributed by atoms with van der Waals surface area (Å²) in [6.45, 7) is 1.44. The van der Waals surface area contributed by atoms with E-state index in [2.05, 4.69) is 26.7 Å². The smallest absolute Gasteiger partial charge is 0.188 e. The van der Waals surface area contributed by atoms with Gasteiger partial charge in [-0.05, 0) is 29.5 Å². The van der Waals surface area contributed by atoms with Crippen molar-refractivity contribution in [2.75, 3.05) is 13.1 Å². The van der Waals surface area contributed by atoms with E-state index in [1.54, 1.807) is 23.6 Å². The minimum atomic E-state index is 0. The Bertz CT molecular complexity index is 543. The second kappa shape index (κ2) is 9.97. The second-order valence-electron chi connectivity index (χ2n) is 4.26. The summed E-state index contributed by atoms with van der Waals surface area (Å²) < 4.78 is 0. The molecular weight excluding hydrogens is 419 g/mol. The van der Waals surface area contributed by atoms with E-state index in [-0.39, 0.29) is 24.0 Å². The van der Waals surface area contributed by atoms with Gasteiger partial charge in [0.2, 0.25) is 0 Å². The van der Waals surface area contributed by atoms with E-state index in [0.29, 0.717) is 17.7 Å². The first-order chi connectivity index (χ1) is 9.74. The number of aliphatic imine (C=N–C) groups is 1. The molecule has 0 radical (unpaired) electrons. The van der Waals surface area contributed by atoms with Gasteiger partial charge in [-0.2, -0.15) is 0 Å². The van der Waals surface area contributed by atoms with Crippen molar-refractivity contribution in [3.8, 4) is 0 Å². The molecule has 21 heavy (non-hydrogen) atoms. The molecule has 0 atom stereocenters. The van der Waals surface area contributed by atoms with Gasteiger partial charge in [0.05, 0.1) is 0 Å². The molecule has 0 bridgehead atoms. The van der Waals surface area contributed by atoms with Gasteiger partial charge in [0.15, 0.2) is 5.96 Å². The summed E-state index contributed by atoms with van der Waals surface area (Å²) in [7, 11) is 0. The highest BCUT2D eigenvalue weighted by Crippen LogP contribution is 2.08. The van der Waals surface area contributed by atoms with Crippen LogP contribution in [0.1, 0.15) is 10.4 Å². The molecule has 2 aromatic heterocycles. The molecule has 3 N–H and O–H groups in total. The van der Waals surface area contributed by atoms with Crippen molar-refractivity contribution in [2.24, 2.45) is 10.7 Å². The van der Waals surface area contributed by atoms with E-state index in [1.165, 1.54) is 4.88 Å². The van der Waals surface area contributed by atoms with E-state index in [4.69, 9.17) is 17.3 Å². The number of pyridine rings is 1. The maximum atomic E-state index is 5.81. The Morgan fingerprint density at radius 2 is 2.19 bits per heavy atom. The summed E-state index contributed by atoms with van der Waals surface area (Å²) in [5.41, 5.74) is 6.93. The highest BCUT2D eigenvalue weighted by Gasteiger charge is 1.96. The normalized spacial score (nSPS) is 11.0. The summed E-state index contributed by atoms with van der Waals surface area (Å²) in [6, 6.07) is 7.90. The van der Waals surface area contributed by atoms with Crippen LogP contribution in [-0.2, 0) is 12.8 Å². The maximum absolute atomic E-state index is 5.81. The zero-order chi connectivity index (χ0) is 14.2. The van der Waals surface area contributed by atoms with Crippen molar-refractivity contribution in [3.05, 3.63) is 51.4 Å². The minimum Gasteiger partial charge on any atom is -0.370 e. The lowest BCUT2D eigenvalue weighted by molar-refractivity contribution is 0.842. The molecule has 0 aliphatic carbocycles. The number of rotatable bonds is 6. The molecule has 0 amide bonds. The van der Waals surface area contributed by atoms with Gasteiger partial charge in [-0.1, -0.05) is 23.7 Å². The summed E-state index contributed by atoms with van der Waals surface area (Å²) in [6.07, 6.45) is 3.54. The van der Waals surface area contributed by atoms with Crippen LogP contribution >= 0.6 is 46.9 Å². The highest BCUT2D eigenvalue weighted by atomic mass is 127. The molecule has 0 fully saturated rings. The van der Waals surface area contributed by atoms with Gasteiger partial charge in [0, 0.05) is 30.6 Å². The number of nitrogens with zero attached hydrogens (tertiary/aromatic N) is 2. The topological polar surface area (TPSA) is 63.3 Å². The van der Waals surface area contributed by atoms with Gasteiger partial charge in [-0.3, -0.25) is 4.99 Å². The number of aromatic nitrogens is 1. The molecule has 0 aromatic carbocycles. The summed E-state index contributed by atoms with van der Waals surface area (Å²) in [5.74, 6) is 0.489. The first-order valence-electron chi connectivity index (χ1n) is 6.40. The van der Waals surface area contributed by atoms with Crippen LogP contribution in [0.2, 0.25) is 5.15 Å². The van der Waals surface area contributed by atoms with Crippen molar-refractivity contribution in [2.45, 2.75) is 12.8 Å². The molecule has 114 valence electrons. The zero-order valence-corrected chi connectivity index (χ0v) is 15.4. The van der Waals surface area contributed by atoms with Crippen molar-refractivity contribution in [1.82, 2.24) is 10.3 Å². The van der Waals surface area contributed by atoms with Crippen LogP contribution in [0.3, 0.4) is 0 Å². The molecule has 0 spiro atoms. The molecule has 2 aromatic rings. The fourth-order valence-corrected chi connectivity index (χ4v) is 2.50. The van der Waals surface area contributed by atoms with Gasteiger partial charge in [0.25, 0.3) is 0 Å². The van der Waals surface area contributed by atoms with Crippen LogP contribution in [0.4, 0.5) is 0 Å². The quantitative estimate of drug-likeness (QED) is 0.316. The number of halogens is 2. The largest absolute Gasteiger partial charge is 0.370 e. The predicted octanol–water partition coefficient (Wildman–Crippen LogP) is 3.10. The number of hydrogen-bond acceptors (Lipinski definition) is 3. The minimum absolute atomic E-state index is 0. The monoisotopic (exact) mass is 436 g/mol. The van der Waals surface area contributed by atoms with Gasteiger partial charge in [-0.25, -0.2) is 4.98 Å². The van der Waals surface area contributed by atoms with Gasteiger partial charge in [0.1, 0.15) is 5.15 Å². The Hall–Kier alpha value is -0.860. The lowest BCUT2D eigenvalue weighted by atomic mass is 10.2. The molecule has 0 unspecified atom stereocenters. The Balaban J connectivity index is 0.00000220. The predicted molar refractivity (Wildman–Crippen MR) is 101 cm³/mol. The third-order valence-electron chi connectivity index (χ3n) is 2.73. The van der Waals surface area contributed by atoms with Crippen LogP contribution < -0.4 is 11.1 Å². The van der Waals surface area contributed by atoms with Gasteiger partial charge in [-0.15, -0.1) is 35.3 Å². The molecule has 0 saturated heterocycles. The number of hydrogen-bond donors (Lipinski definition) is 2. The van der Waals surface area contributed by atoms with E-state index >= 15 is 0 Å². The second-order valence-corrected chi connectivity index (χ2v) is 5.68. The third kappa shape index (κ3) is 7.10. The SMILES string of the molecule is I.NC(=NCCc1cccs1)NCCc1ccc(Cl)nc1. The fraction of sp³-hybridized carbons (Fsp3) is 0.286. The van der Waals surface area contributed by atoms with E-state index in [0.717, 1.165) is 24.9 Å². The van der Waals surface area contributed by atoms with Crippen molar-refractivity contribution >= 4 is 52.9 Å². The standard InChI is InChI=1S/C14H17ClN4S.HI/c15-13-4-3-11(10-19-13)5-7-17-14(16)18-8-6-12-2-1-9-20-12;/h1-4,9-10H,5-8H2,(H3,16,17,18);1H. The van der Waals surface area contributed by atoms with Crippen molar-refractivity contribution < 1.29 is 0 Å². The highest BCUT2D eigenvalue weighted by molar-refractivity contribution is 14.0. The molecule has 0 aliphatic heterocycles. The maximum Gasteiger partial charge on any atom is 0.188 e. The van der Waals surface area contributed by atoms with E-state index in [9.17, 15) is 0 Å². The van der Waals surface area contributed by atoms with E-state index < -0.39 is 0 Å². The summed E-state index contributed by atoms with van der Waals surface area (Å²) in [4.78, 5) is 9.66. The number of thiophene rings is 1. The zero-order valence-electron chi connectivity index (χ0n) is 11.5. The summed E-state index contributed by atoms with van der Waals surface area (Å²) in [5, 5.41) is 5.68. The lowest BCUT2D eigenvalue weighted by Crippen LogP contribution is -2.33. The average molecular weight is 437 g/mol. The molecular formula is C14H18ClIN4S. The molecule has 2 heterocycles. The van der Waals surface area contributed by atoms with Crippen molar-refractivity contribution in [1.29, 1.82) is 0 Å². The molecule has 7 heteroatoms. The fourth-order valence-electron chi connectivity index (χ4n) is 1.69. The van der Waals surface area contributed by atoms with Crippen LogP contribution in [0.5, 0.6) is 0 Å². The molecule has 0 aliphatic rings. The van der Waals surface area contributed by atoms with Crippen molar-refractivity contribution in [3.63, 3.8) is 0 Å². The Morgan fingerprint density at radius 1 is 1.33 bits per heavy atom. The first kappa shape index (κ1) is 18.2. The number of guanidine groups is 1. The molecule has 0 saturated carbocycles.